The molecule has 0 saturated carbocycles. The van der Waals surface area contributed by atoms with Gasteiger partial charge in [0.1, 0.15) is 18.0 Å². The quantitative estimate of drug-likeness (QED) is 0.273. The Morgan fingerprint density at radius 3 is 1.60 bits per heavy atom. The van der Waals surface area contributed by atoms with Crippen molar-refractivity contribution in [3.63, 3.8) is 0 Å². The molecule has 4 aromatic carbocycles. The zero-order valence-corrected chi connectivity index (χ0v) is 29.1. The number of methoxy groups -OCH3 is 1. The highest BCUT2D eigenvalue weighted by Crippen LogP contribution is 2.31. The third-order valence-corrected chi connectivity index (χ3v) is 9.77. The first-order valence-corrected chi connectivity index (χ1v) is 16.9. The maximum atomic E-state index is 9.03. The van der Waals surface area contributed by atoms with Crippen LogP contribution >= 0.6 is 0 Å². The van der Waals surface area contributed by atoms with Crippen molar-refractivity contribution in [3.05, 3.63) is 137 Å². The maximum absolute atomic E-state index is 9.03. The summed E-state index contributed by atoms with van der Waals surface area (Å²) in [7, 11) is 1.60. The summed E-state index contributed by atoms with van der Waals surface area (Å²) in [5, 5.41) is 25.6. The van der Waals surface area contributed by atoms with Gasteiger partial charge in [0.15, 0.2) is 11.6 Å². The fourth-order valence-corrected chi connectivity index (χ4v) is 7.39. The standard InChI is InChI=1S/2C20H16N4O2/c1-10-17-11(2)19(20-23-16(9-25-3)24-26-20)22-15(17)8-13-12-6-4-5-7-14(12)21-18(10)13;1-10-17-11(2)19(20-23-16(7-8-25)24-26-20)22-15(17)9-13-12-5-3-4-6-14(12)21-18(10)13/h4-8H,9H2,1-3H3;3-6,9,25H,7-8H2,1-2H3. The van der Waals surface area contributed by atoms with Crippen LogP contribution in [-0.2, 0) is 17.8 Å². The van der Waals surface area contributed by atoms with Gasteiger partial charge in [-0.1, -0.05) is 46.7 Å². The molecule has 0 fully saturated rings. The van der Waals surface area contributed by atoms with Crippen LogP contribution in [0.15, 0.2) is 89.7 Å². The fourth-order valence-electron chi connectivity index (χ4n) is 7.39. The molecule has 4 aliphatic rings. The maximum Gasteiger partial charge on any atom is 0.276 e. The molecule has 6 aromatic rings. The predicted molar refractivity (Wildman–Crippen MR) is 192 cm³/mol. The van der Waals surface area contributed by atoms with Crippen LogP contribution < -0.4 is 21.2 Å². The zero-order chi connectivity index (χ0) is 35.7. The Balaban J connectivity index is 0.000000138. The van der Waals surface area contributed by atoms with Crippen LogP contribution in [0.25, 0.3) is 11.1 Å². The molecule has 12 heteroatoms. The van der Waals surface area contributed by atoms with Gasteiger partial charge in [0.25, 0.3) is 11.8 Å². The third-order valence-electron chi connectivity index (χ3n) is 9.77. The van der Waals surface area contributed by atoms with E-state index in [1.54, 1.807) is 7.11 Å². The highest BCUT2D eigenvalue weighted by molar-refractivity contribution is 6.28. The van der Waals surface area contributed by atoms with Crippen LogP contribution in [0.5, 0.6) is 0 Å². The van der Waals surface area contributed by atoms with E-state index in [4.69, 9.17) is 38.9 Å². The van der Waals surface area contributed by atoms with E-state index < -0.39 is 0 Å². The number of aliphatic hydroxyl groups excluding tert-OH is 1. The number of fused-ring (bicyclic) bond motifs is 6. The SMILES string of the molecule is CC1=c2c(cc3c(c2C)N=c2ccccc2=3)N=C1c1nc(CCO)no1.COCc1noc(C2=Nc3cc4c(c(C)c3=C2C)N=c2ccccc2=4)n1. The summed E-state index contributed by atoms with van der Waals surface area (Å²) in [6.07, 6.45) is 0.367. The second-order valence-corrected chi connectivity index (χ2v) is 13.0. The molecule has 0 saturated heterocycles. The highest BCUT2D eigenvalue weighted by Gasteiger charge is 2.26. The summed E-state index contributed by atoms with van der Waals surface area (Å²) < 4.78 is 15.8. The second kappa shape index (κ2) is 12.2. The number of rotatable bonds is 6. The summed E-state index contributed by atoms with van der Waals surface area (Å²) in [6, 6.07) is 20.5. The van der Waals surface area contributed by atoms with Crippen molar-refractivity contribution in [2.75, 3.05) is 13.7 Å². The monoisotopic (exact) mass is 688 g/mol. The molecule has 0 spiro atoms. The van der Waals surface area contributed by atoms with Crippen LogP contribution in [0.4, 0.5) is 22.7 Å². The number of aliphatic imine (C=N–C) groups is 2. The van der Waals surface area contributed by atoms with Crippen molar-refractivity contribution in [1.29, 1.82) is 0 Å². The first kappa shape index (κ1) is 31.7. The number of aliphatic hydroxyl groups is 1. The first-order valence-electron chi connectivity index (χ1n) is 16.9. The van der Waals surface area contributed by atoms with Crippen molar-refractivity contribution in [3.8, 4) is 0 Å². The van der Waals surface area contributed by atoms with E-state index >= 15 is 0 Å². The van der Waals surface area contributed by atoms with Crippen LogP contribution in [-0.4, -0.2) is 50.5 Å². The predicted octanol–water partition coefficient (Wildman–Crippen LogP) is 4.15. The molecule has 10 rings (SSSR count). The molecule has 256 valence electrons. The largest absolute Gasteiger partial charge is 0.396 e. The second-order valence-electron chi connectivity index (χ2n) is 13.0. The van der Waals surface area contributed by atoms with Gasteiger partial charge in [-0.05, 0) is 74.2 Å². The Bertz CT molecular complexity index is 2840. The lowest BCUT2D eigenvalue weighted by molar-refractivity contribution is 0.174. The lowest BCUT2D eigenvalue weighted by Crippen LogP contribution is -2.11. The van der Waals surface area contributed by atoms with Gasteiger partial charge in [-0.15, -0.1) is 0 Å². The highest BCUT2D eigenvalue weighted by atomic mass is 16.5. The minimum absolute atomic E-state index is 0.0128. The minimum Gasteiger partial charge on any atom is -0.396 e. The van der Waals surface area contributed by atoms with Gasteiger partial charge in [0.05, 0.1) is 40.1 Å². The van der Waals surface area contributed by atoms with Gasteiger partial charge in [-0.25, -0.2) is 20.0 Å². The van der Waals surface area contributed by atoms with E-state index in [0.29, 0.717) is 42.2 Å². The Labute approximate surface area is 295 Å². The lowest BCUT2D eigenvalue weighted by Gasteiger charge is -2.02. The van der Waals surface area contributed by atoms with Crippen molar-refractivity contribution in [2.45, 2.75) is 40.7 Å². The molecule has 0 bridgehead atoms. The molecular formula is C40H32N8O4. The third kappa shape index (κ3) is 4.90. The molecular weight excluding hydrogens is 656 g/mol. The molecule has 0 unspecified atom stereocenters. The summed E-state index contributed by atoms with van der Waals surface area (Å²) in [5.74, 6) is 1.80. The molecule has 0 atom stereocenters. The Morgan fingerprint density at radius 1 is 0.615 bits per heavy atom. The van der Waals surface area contributed by atoms with Crippen molar-refractivity contribution in [2.24, 2.45) is 20.0 Å². The minimum atomic E-state index is -0.0128. The zero-order valence-electron chi connectivity index (χ0n) is 29.1. The number of ether oxygens (including phenoxy) is 1. The number of hydrogen-bond donors (Lipinski definition) is 1. The number of aromatic nitrogens is 4. The van der Waals surface area contributed by atoms with E-state index in [9.17, 15) is 0 Å². The van der Waals surface area contributed by atoms with Crippen LogP contribution in [0, 0.1) is 34.7 Å². The fraction of sp³-hybridized carbons (Fsp3) is 0.200. The van der Waals surface area contributed by atoms with Crippen LogP contribution in [0.1, 0.15) is 48.4 Å². The van der Waals surface area contributed by atoms with Gasteiger partial charge in [-0.3, -0.25) is 0 Å². The topological polar surface area (TPSA) is 157 Å². The Hall–Kier alpha value is -6.24. The van der Waals surface area contributed by atoms with Gasteiger partial charge in [0.2, 0.25) is 0 Å². The molecule has 6 heterocycles. The lowest BCUT2D eigenvalue weighted by atomic mass is 10.0. The van der Waals surface area contributed by atoms with Crippen molar-refractivity contribution < 1.29 is 18.9 Å². The molecule has 1 N–H and O–H groups in total. The van der Waals surface area contributed by atoms with Gasteiger partial charge in [0, 0.05) is 44.8 Å². The van der Waals surface area contributed by atoms with E-state index in [0.717, 1.165) is 92.8 Å². The van der Waals surface area contributed by atoms with E-state index in [2.05, 4.69) is 58.4 Å². The molecule has 52 heavy (non-hydrogen) atoms. The Morgan fingerprint density at radius 2 is 1.10 bits per heavy atom. The molecule has 2 aromatic heterocycles. The molecule has 12 nitrogen and oxygen atoms in total. The number of para-hydroxylation sites is 2. The summed E-state index contributed by atoms with van der Waals surface area (Å²) in [4.78, 5) is 27.9. The number of hydrogen-bond acceptors (Lipinski definition) is 12. The van der Waals surface area contributed by atoms with Crippen molar-refractivity contribution in [1.82, 2.24) is 20.3 Å². The van der Waals surface area contributed by atoms with E-state index in [1.165, 1.54) is 0 Å². The van der Waals surface area contributed by atoms with Gasteiger partial charge >= 0.3 is 0 Å². The van der Waals surface area contributed by atoms with Crippen LogP contribution in [0.2, 0.25) is 0 Å². The number of benzene rings is 4. The summed E-state index contributed by atoms with van der Waals surface area (Å²) >= 11 is 0. The molecule has 4 aliphatic heterocycles. The molecule has 0 amide bonds. The molecule has 0 radical (unpaired) electrons. The first-order chi connectivity index (χ1) is 25.3. The summed E-state index contributed by atoms with van der Waals surface area (Å²) in [5.41, 5.74) is 9.53. The van der Waals surface area contributed by atoms with Crippen molar-refractivity contribution >= 4 is 45.3 Å². The van der Waals surface area contributed by atoms with E-state index in [1.807, 2.05) is 50.2 Å². The smallest absolute Gasteiger partial charge is 0.276 e. The number of nitrogens with zero attached hydrogens (tertiary/aromatic N) is 8. The molecule has 0 aliphatic carbocycles. The van der Waals surface area contributed by atoms with E-state index in [-0.39, 0.29) is 6.61 Å². The van der Waals surface area contributed by atoms with Gasteiger partial charge < -0.3 is 18.9 Å². The Kier molecular flexibility index (Phi) is 7.45. The normalized spacial score (nSPS) is 14.0. The van der Waals surface area contributed by atoms with Gasteiger partial charge in [-0.2, -0.15) is 9.97 Å². The average Bonchev–Trinajstić information content (AvgIpc) is 4.00. The van der Waals surface area contributed by atoms with Crippen LogP contribution in [0.3, 0.4) is 0 Å². The summed E-state index contributed by atoms with van der Waals surface area (Å²) in [6.45, 7) is 8.53. The average molecular weight is 689 g/mol.